The van der Waals surface area contributed by atoms with Gasteiger partial charge in [0, 0.05) is 21.5 Å². The number of hydrogen-bond donors (Lipinski definition) is 0. The number of fused-ring (bicyclic) bond motifs is 6. The number of benzene rings is 8. The fourth-order valence-electron chi connectivity index (χ4n) is 9.38. The Labute approximate surface area is 398 Å². The Balaban J connectivity index is 1.33. The van der Waals surface area contributed by atoms with E-state index in [1.54, 1.807) is 69.8 Å². The molecule has 10 rings (SSSR count). The molecule has 5 nitrogen and oxygen atoms in total. The second-order valence-electron chi connectivity index (χ2n) is 16.7. The van der Waals surface area contributed by atoms with Gasteiger partial charge in [0.05, 0.1) is 79.0 Å². The Kier molecular flexibility index (Phi) is 10.7. The van der Waals surface area contributed by atoms with Crippen LogP contribution in [0.5, 0.6) is 0 Å². The Morgan fingerprint density at radius 3 is 1.10 bits per heavy atom. The zero-order valence-corrected chi connectivity index (χ0v) is 36.2. The minimum absolute atomic E-state index is 0.0299. The molecule has 0 saturated heterocycles. The molecule has 0 spiro atoms. The van der Waals surface area contributed by atoms with Crippen LogP contribution in [0, 0.1) is 34.0 Å². The van der Waals surface area contributed by atoms with E-state index in [0.29, 0.717) is 44.7 Å². The van der Waals surface area contributed by atoms with Gasteiger partial charge in [-0.1, -0.05) is 72.8 Å². The summed E-state index contributed by atoms with van der Waals surface area (Å²) in [6, 6.07) is 38.1. The lowest BCUT2D eigenvalue weighted by molar-refractivity contribution is -0.144. The number of nitrogens with zero attached hydrogens (tertiary/aromatic N) is 5. The number of para-hydroxylation sites is 2. The van der Waals surface area contributed by atoms with Crippen molar-refractivity contribution in [3.63, 3.8) is 0 Å². The van der Waals surface area contributed by atoms with E-state index in [0.717, 1.165) is 12.1 Å². The lowest BCUT2D eigenvalue weighted by Gasteiger charge is -2.19. The minimum atomic E-state index is -5.24. The van der Waals surface area contributed by atoms with Crippen molar-refractivity contribution in [2.75, 3.05) is 0 Å². The second kappa shape index (κ2) is 16.6. The molecule has 0 amide bonds. The summed E-state index contributed by atoms with van der Waals surface area (Å²) in [5, 5.41) is 33.4. The van der Waals surface area contributed by atoms with Crippen LogP contribution in [-0.4, -0.2) is 9.13 Å². The van der Waals surface area contributed by atoms with Gasteiger partial charge in [-0.15, -0.1) is 0 Å². The number of hydrogen-bond acceptors (Lipinski definition) is 3. The van der Waals surface area contributed by atoms with E-state index in [-0.39, 0.29) is 73.5 Å². The van der Waals surface area contributed by atoms with Gasteiger partial charge in [0.15, 0.2) is 0 Å². The van der Waals surface area contributed by atoms with E-state index in [1.165, 1.54) is 54.6 Å². The molecule has 10 aromatic rings. The van der Waals surface area contributed by atoms with Crippen LogP contribution in [0.15, 0.2) is 152 Å². The molecule has 0 radical (unpaired) electrons. The monoisotopic (exact) mass is 983 g/mol. The molecule has 0 aliphatic rings. The number of halogens is 12. The molecule has 8 aromatic carbocycles. The van der Waals surface area contributed by atoms with Crippen LogP contribution in [0.4, 0.5) is 52.7 Å². The van der Waals surface area contributed by atoms with Crippen LogP contribution in [0.3, 0.4) is 0 Å². The molecule has 2 aromatic heterocycles. The fraction of sp³-hybridized carbons (Fsp3) is 0.0727. The maximum Gasteiger partial charge on any atom is 0.417 e. The molecule has 0 unspecified atom stereocenters. The van der Waals surface area contributed by atoms with Crippen LogP contribution >= 0.6 is 0 Å². The standard InChI is InChI=1S/C55H25F12N5/c56-52(57,58)35-11-15-37(44(24-35)54(62,63)64)31-9-13-41-39-5-1-3-7-46(39)71(48(41)20-31)50-22-34(33-18-29(26-68)17-30(19-33)27-69)23-51(43(50)28-70)72-47-8-4-2-6-40(47)42-14-10-32(21-49(42)72)38-16-12-36(53(59,60)61)25-45(38)55(65,66)67/h1-25H. The first-order chi connectivity index (χ1) is 34.1. The molecule has 0 fully saturated rings. The third-order valence-electron chi connectivity index (χ3n) is 12.5. The van der Waals surface area contributed by atoms with Crippen molar-refractivity contribution in [2.24, 2.45) is 0 Å². The topological polar surface area (TPSA) is 81.2 Å². The van der Waals surface area contributed by atoms with Gasteiger partial charge in [-0.25, -0.2) is 0 Å². The summed E-state index contributed by atoms with van der Waals surface area (Å²) < 4.78 is 174. The van der Waals surface area contributed by atoms with Gasteiger partial charge in [-0.2, -0.15) is 68.5 Å². The Morgan fingerprint density at radius 2 is 0.722 bits per heavy atom. The first-order valence-electron chi connectivity index (χ1n) is 21.3. The molecule has 2 heterocycles. The highest BCUT2D eigenvalue weighted by Gasteiger charge is 2.40. The molecule has 0 bridgehead atoms. The van der Waals surface area contributed by atoms with E-state index in [1.807, 2.05) is 12.1 Å². The first-order valence-corrected chi connectivity index (χ1v) is 21.3. The maximum absolute atomic E-state index is 14.7. The van der Waals surface area contributed by atoms with E-state index in [4.69, 9.17) is 0 Å². The van der Waals surface area contributed by atoms with Gasteiger partial charge in [0.1, 0.15) is 11.6 Å². The van der Waals surface area contributed by atoms with Crippen molar-refractivity contribution in [3.8, 4) is 63.0 Å². The first kappa shape index (κ1) is 46.7. The summed E-state index contributed by atoms with van der Waals surface area (Å²) in [4.78, 5) is 0. The maximum atomic E-state index is 14.7. The molecule has 17 heteroatoms. The van der Waals surface area contributed by atoms with Crippen LogP contribution in [0.2, 0.25) is 0 Å². The van der Waals surface area contributed by atoms with Crippen LogP contribution in [0.1, 0.15) is 38.9 Å². The Hall–Kier alpha value is -9.01. The Bertz CT molecular complexity index is 3790. The minimum Gasteiger partial charge on any atom is -0.308 e. The molecule has 0 saturated carbocycles. The van der Waals surface area contributed by atoms with Crippen molar-refractivity contribution in [1.29, 1.82) is 15.8 Å². The SMILES string of the molecule is N#Cc1cc(C#N)cc(-c2cc(-n3c4ccccc4c4ccc(-c5ccc(C(F)(F)F)cc5C(F)(F)F)cc43)c(C#N)c(-n3c4ccccc4c4ccc(-c5ccc(C(F)(F)F)cc5C(F)(F)F)cc43)c2)c1. The number of rotatable bonds is 5. The van der Waals surface area contributed by atoms with Crippen LogP contribution < -0.4 is 0 Å². The van der Waals surface area contributed by atoms with Crippen molar-refractivity contribution in [3.05, 3.63) is 191 Å². The predicted octanol–water partition coefficient (Wildman–Crippen LogP) is 16.6. The summed E-state index contributed by atoms with van der Waals surface area (Å²) in [6.07, 6.45) is -20.7. The average Bonchev–Trinajstić information content (AvgIpc) is 3.86. The van der Waals surface area contributed by atoms with Crippen LogP contribution in [0.25, 0.3) is 88.4 Å². The van der Waals surface area contributed by atoms with Crippen molar-refractivity contribution in [2.45, 2.75) is 24.7 Å². The molecule has 72 heavy (non-hydrogen) atoms. The Morgan fingerprint density at radius 1 is 0.333 bits per heavy atom. The zero-order valence-electron chi connectivity index (χ0n) is 36.2. The van der Waals surface area contributed by atoms with Crippen molar-refractivity contribution < 1.29 is 52.7 Å². The fourth-order valence-corrected chi connectivity index (χ4v) is 9.38. The lowest BCUT2D eigenvalue weighted by atomic mass is 9.95. The van der Waals surface area contributed by atoms with Gasteiger partial charge in [0.25, 0.3) is 0 Å². The van der Waals surface area contributed by atoms with E-state index < -0.39 is 58.1 Å². The third kappa shape index (κ3) is 7.87. The quantitative estimate of drug-likeness (QED) is 0.161. The normalized spacial score (nSPS) is 12.4. The molecular weight excluding hydrogens is 959 g/mol. The summed E-state index contributed by atoms with van der Waals surface area (Å²) >= 11 is 0. The predicted molar refractivity (Wildman–Crippen MR) is 246 cm³/mol. The summed E-state index contributed by atoms with van der Waals surface area (Å²) in [7, 11) is 0. The smallest absolute Gasteiger partial charge is 0.308 e. The van der Waals surface area contributed by atoms with Gasteiger partial charge in [-0.3, -0.25) is 0 Å². The molecule has 0 N–H and O–H groups in total. The largest absolute Gasteiger partial charge is 0.417 e. The van der Waals surface area contributed by atoms with E-state index in [9.17, 15) is 68.5 Å². The highest BCUT2D eigenvalue weighted by atomic mass is 19.4. The highest BCUT2D eigenvalue weighted by molar-refractivity contribution is 6.12. The molecule has 0 aliphatic carbocycles. The average molecular weight is 984 g/mol. The highest BCUT2D eigenvalue weighted by Crippen LogP contribution is 2.46. The zero-order chi connectivity index (χ0) is 51.2. The van der Waals surface area contributed by atoms with Gasteiger partial charge < -0.3 is 9.13 Å². The van der Waals surface area contributed by atoms with Gasteiger partial charge in [0.2, 0.25) is 0 Å². The summed E-state index contributed by atoms with van der Waals surface area (Å²) in [6.45, 7) is 0. The second-order valence-corrected chi connectivity index (χ2v) is 16.7. The molecule has 354 valence electrons. The van der Waals surface area contributed by atoms with Gasteiger partial charge in [-0.05, 0) is 112 Å². The molecule has 0 atom stereocenters. The lowest BCUT2D eigenvalue weighted by Crippen LogP contribution is -2.12. The number of alkyl halides is 12. The van der Waals surface area contributed by atoms with E-state index in [2.05, 4.69) is 6.07 Å². The van der Waals surface area contributed by atoms with Crippen molar-refractivity contribution in [1.82, 2.24) is 9.13 Å². The number of nitriles is 3. The van der Waals surface area contributed by atoms with Crippen molar-refractivity contribution >= 4 is 43.6 Å². The van der Waals surface area contributed by atoms with Gasteiger partial charge >= 0.3 is 24.7 Å². The molecular formula is C55H25F12N5. The molecule has 0 aliphatic heterocycles. The van der Waals surface area contributed by atoms with E-state index >= 15 is 0 Å². The van der Waals surface area contributed by atoms with Crippen LogP contribution in [-0.2, 0) is 24.7 Å². The summed E-state index contributed by atoms with van der Waals surface area (Å²) in [5.74, 6) is 0. The summed E-state index contributed by atoms with van der Waals surface area (Å²) in [5.41, 5.74) is -5.71. The third-order valence-corrected chi connectivity index (χ3v) is 12.5. The number of aromatic nitrogens is 2.